The van der Waals surface area contributed by atoms with Gasteiger partial charge in [-0.15, -0.1) is 0 Å². The lowest BCUT2D eigenvalue weighted by atomic mass is 10.1. The number of ether oxygens (including phenoxy) is 1. The molecular formula is C15H21NO2. The van der Waals surface area contributed by atoms with Crippen LogP contribution in [0.25, 0.3) is 5.57 Å². The minimum Gasteiger partial charge on any atom is -0.444 e. The maximum absolute atomic E-state index is 11.5. The van der Waals surface area contributed by atoms with Gasteiger partial charge in [-0.05, 0) is 38.8 Å². The number of benzene rings is 1. The Kier molecular flexibility index (Phi) is 4.95. The molecule has 1 amide bonds. The van der Waals surface area contributed by atoms with Gasteiger partial charge in [0.15, 0.2) is 0 Å². The van der Waals surface area contributed by atoms with E-state index >= 15 is 0 Å². The van der Waals surface area contributed by atoms with Crippen molar-refractivity contribution in [1.82, 2.24) is 5.32 Å². The van der Waals surface area contributed by atoms with Crippen molar-refractivity contribution >= 4 is 11.7 Å². The van der Waals surface area contributed by atoms with Crippen LogP contribution in [0.5, 0.6) is 0 Å². The van der Waals surface area contributed by atoms with Gasteiger partial charge in [0.2, 0.25) is 0 Å². The summed E-state index contributed by atoms with van der Waals surface area (Å²) in [5.74, 6) is 0. The predicted molar refractivity (Wildman–Crippen MR) is 74.3 cm³/mol. The molecule has 0 aliphatic carbocycles. The summed E-state index contributed by atoms with van der Waals surface area (Å²) in [4.78, 5) is 11.5. The number of carbonyl (C=O) groups is 1. The minimum absolute atomic E-state index is 0.391. The Hall–Kier alpha value is -1.77. The lowest BCUT2D eigenvalue weighted by molar-refractivity contribution is 0.0535. The second-order valence-electron chi connectivity index (χ2n) is 5.04. The summed E-state index contributed by atoms with van der Waals surface area (Å²) in [6, 6.07) is 9.97. The second-order valence-corrected chi connectivity index (χ2v) is 5.04. The minimum atomic E-state index is -0.465. The lowest BCUT2D eigenvalue weighted by Gasteiger charge is -2.20. The third-order valence-corrected chi connectivity index (χ3v) is 2.32. The van der Waals surface area contributed by atoms with Crippen LogP contribution in [0.4, 0.5) is 4.79 Å². The van der Waals surface area contributed by atoms with Gasteiger partial charge in [0.25, 0.3) is 0 Å². The van der Waals surface area contributed by atoms with E-state index in [1.54, 1.807) is 0 Å². The first-order valence-electron chi connectivity index (χ1n) is 6.10. The molecule has 3 heteroatoms. The molecule has 0 saturated heterocycles. The van der Waals surface area contributed by atoms with Crippen molar-refractivity contribution in [2.24, 2.45) is 0 Å². The maximum atomic E-state index is 11.5. The van der Waals surface area contributed by atoms with Gasteiger partial charge in [0.05, 0.1) is 0 Å². The van der Waals surface area contributed by atoms with Gasteiger partial charge in [-0.25, -0.2) is 4.79 Å². The van der Waals surface area contributed by atoms with Crippen molar-refractivity contribution in [3.63, 3.8) is 0 Å². The fourth-order valence-corrected chi connectivity index (χ4v) is 1.50. The summed E-state index contributed by atoms with van der Waals surface area (Å²) in [5, 5.41) is 2.76. The topological polar surface area (TPSA) is 38.3 Å². The van der Waals surface area contributed by atoms with Crippen molar-refractivity contribution in [2.45, 2.75) is 33.3 Å². The van der Waals surface area contributed by atoms with Crippen molar-refractivity contribution in [2.75, 3.05) is 6.54 Å². The van der Waals surface area contributed by atoms with Crippen LogP contribution in [0.15, 0.2) is 36.4 Å². The van der Waals surface area contributed by atoms with Crippen LogP contribution in [0.1, 0.15) is 33.3 Å². The average Bonchev–Trinajstić information content (AvgIpc) is 2.29. The summed E-state index contributed by atoms with van der Waals surface area (Å²) >= 11 is 0. The third kappa shape index (κ3) is 5.04. The Morgan fingerprint density at radius 2 is 1.89 bits per heavy atom. The molecule has 0 radical (unpaired) electrons. The second kappa shape index (κ2) is 6.24. The van der Waals surface area contributed by atoms with E-state index < -0.39 is 11.7 Å². The highest BCUT2D eigenvalue weighted by Gasteiger charge is 2.15. The molecule has 0 heterocycles. The molecule has 0 bridgehead atoms. The molecule has 1 rings (SSSR count). The number of hydrogen-bond acceptors (Lipinski definition) is 2. The molecule has 0 aliphatic heterocycles. The zero-order chi connectivity index (χ0) is 13.6. The fraction of sp³-hybridized carbons (Fsp3) is 0.400. The van der Waals surface area contributed by atoms with E-state index in [9.17, 15) is 4.79 Å². The Bertz CT molecular complexity index is 416. The zero-order valence-electron chi connectivity index (χ0n) is 11.5. The number of amides is 1. The van der Waals surface area contributed by atoms with Crippen molar-refractivity contribution in [3.05, 3.63) is 42.0 Å². The molecule has 3 nitrogen and oxygen atoms in total. The Balaban J connectivity index is 2.55. The number of hydrogen-bond donors (Lipinski definition) is 1. The van der Waals surface area contributed by atoms with Crippen LogP contribution in [-0.2, 0) is 4.74 Å². The summed E-state index contributed by atoms with van der Waals surface area (Å²) in [6.07, 6.45) is 1.60. The van der Waals surface area contributed by atoms with Crippen molar-refractivity contribution < 1.29 is 9.53 Å². The molecule has 0 atom stereocenters. The molecule has 0 aliphatic rings. The van der Waals surface area contributed by atoms with E-state index in [0.29, 0.717) is 6.54 Å². The maximum Gasteiger partial charge on any atom is 0.407 e. The molecule has 0 unspecified atom stereocenters. The molecule has 1 aromatic carbocycles. The van der Waals surface area contributed by atoms with Crippen LogP contribution in [0, 0.1) is 0 Å². The number of allylic oxidation sites excluding steroid dienone is 1. The summed E-state index contributed by atoms with van der Waals surface area (Å²) in [5.41, 5.74) is 1.71. The Labute approximate surface area is 109 Å². The van der Waals surface area contributed by atoms with Crippen LogP contribution >= 0.6 is 0 Å². The molecule has 0 saturated carbocycles. The summed E-state index contributed by atoms with van der Waals surface area (Å²) in [6.45, 7) is 7.97. The summed E-state index contributed by atoms with van der Waals surface area (Å²) < 4.78 is 5.19. The van der Waals surface area contributed by atoms with Gasteiger partial charge in [-0.2, -0.15) is 0 Å². The predicted octanol–water partition coefficient (Wildman–Crippen LogP) is 3.61. The molecule has 0 spiro atoms. The van der Waals surface area contributed by atoms with E-state index in [4.69, 9.17) is 4.74 Å². The third-order valence-electron chi connectivity index (χ3n) is 2.32. The molecule has 18 heavy (non-hydrogen) atoms. The Morgan fingerprint density at radius 1 is 1.28 bits per heavy atom. The smallest absolute Gasteiger partial charge is 0.407 e. The van der Waals surface area contributed by atoms with Crippen LogP contribution < -0.4 is 5.32 Å². The number of carbonyl (C=O) groups excluding carboxylic acids is 1. The van der Waals surface area contributed by atoms with Gasteiger partial charge in [0.1, 0.15) is 5.60 Å². The van der Waals surface area contributed by atoms with E-state index in [1.165, 1.54) is 0 Å². The quantitative estimate of drug-likeness (QED) is 0.886. The van der Waals surface area contributed by atoms with E-state index in [1.807, 2.05) is 64.1 Å². The first kappa shape index (κ1) is 14.3. The molecular weight excluding hydrogens is 226 g/mol. The number of nitrogens with one attached hydrogen (secondary N) is 1. The number of rotatable bonds is 3. The normalized spacial score (nSPS) is 12.1. The highest BCUT2D eigenvalue weighted by molar-refractivity contribution is 5.73. The number of alkyl carbamates (subject to hydrolysis) is 1. The van der Waals surface area contributed by atoms with Crippen LogP contribution in [0.2, 0.25) is 0 Å². The molecule has 1 N–H and O–H groups in total. The van der Waals surface area contributed by atoms with E-state index in [2.05, 4.69) is 5.32 Å². The fourth-order valence-electron chi connectivity index (χ4n) is 1.50. The largest absolute Gasteiger partial charge is 0.444 e. The monoisotopic (exact) mass is 247 g/mol. The lowest BCUT2D eigenvalue weighted by Crippen LogP contribution is -2.33. The molecule has 0 fully saturated rings. The molecule has 1 aromatic rings. The SMILES string of the molecule is C/C=C(/CNC(=O)OC(C)(C)C)c1ccccc1. The van der Waals surface area contributed by atoms with E-state index in [0.717, 1.165) is 11.1 Å². The van der Waals surface area contributed by atoms with Gasteiger partial charge < -0.3 is 10.1 Å². The molecule has 0 aromatic heterocycles. The first-order valence-corrected chi connectivity index (χ1v) is 6.10. The van der Waals surface area contributed by atoms with Gasteiger partial charge >= 0.3 is 6.09 Å². The standard InChI is InChI=1S/C15H21NO2/c1-5-12(13-9-7-6-8-10-13)11-16-14(17)18-15(2,3)4/h5-10H,11H2,1-4H3,(H,16,17)/b12-5-. The van der Waals surface area contributed by atoms with Crippen LogP contribution in [-0.4, -0.2) is 18.2 Å². The average molecular weight is 247 g/mol. The summed E-state index contributed by atoms with van der Waals surface area (Å²) in [7, 11) is 0. The van der Waals surface area contributed by atoms with Gasteiger partial charge in [0, 0.05) is 6.54 Å². The van der Waals surface area contributed by atoms with Gasteiger partial charge in [-0.3, -0.25) is 0 Å². The zero-order valence-corrected chi connectivity index (χ0v) is 11.5. The van der Waals surface area contributed by atoms with E-state index in [-0.39, 0.29) is 0 Å². The highest BCUT2D eigenvalue weighted by atomic mass is 16.6. The molecule has 98 valence electrons. The van der Waals surface area contributed by atoms with Crippen molar-refractivity contribution in [3.8, 4) is 0 Å². The Morgan fingerprint density at radius 3 is 2.39 bits per heavy atom. The van der Waals surface area contributed by atoms with Crippen molar-refractivity contribution in [1.29, 1.82) is 0 Å². The first-order chi connectivity index (χ1) is 8.42. The van der Waals surface area contributed by atoms with Gasteiger partial charge in [-0.1, -0.05) is 36.4 Å². The highest BCUT2D eigenvalue weighted by Crippen LogP contribution is 2.13. The van der Waals surface area contributed by atoms with Crippen LogP contribution in [0.3, 0.4) is 0 Å².